The van der Waals surface area contributed by atoms with Crippen LogP contribution in [0.25, 0.3) is 10.9 Å². The first-order valence-corrected chi connectivity index (χ1v) is 7.16. The van der Waals surface area contributed by atoms with Crippen molar-refractivity contribution < 1.29 is 17.9 Å². The molecule has 0 spiro atoms. The molecule has 1 aliphatic rings. The van der Waals surface area contributed by atoms with Crippen LogP contribution in [-0.4, -0.2) is 35.8 Å². The Labute approximate surface area is 125 Å². The molecule has 1 aromatic carbocycles. The molecule has 4 nitrogen and oxygen atoms in total. The topological polar surface area (TPSA) is 38.2 Å². The number of fused-ring (bicyclic) bond motifs is 1. The van der Waals surface area contributed by atoms with Gasteiger partial charge >= 0.3 is 0 Å². The second kappa shape index (κ2) is 6.08. The number of hydrogen-bond donors (Lipinski definition) is 0. The lowest BCUT2D eigenvalue weighted by Gasteiger charge is -2.24. The van der Waals surface area contributed by atoms with E-state index in [1.54, 1.807) is 0 Å². The highest BCUT2D eigenvalue weighted by Gasteiger charge is 2.22. The minimum atomic E-state index is -2.77. The summed E-state index contributed by atoms with van der Waals surface area (Å²) in [6.45, 7) is 3.66. The van der Waals surface area contributed by atoms with Gasteiger partial charge in [0.15, 0.2) is 5.82 Å². The molecule has 0 unspecified atom stereocenters. The van der Waals surface area contributed by atoms with Gasteiger partial charge < -0.3 is 9.64 Å². The molecule has 1 aliphatic heterocycles. The molecule has 0 N–H and O–H groups in total. The van der Waals surface area contributed by atoms with Gasteiger partial charge in [0.25, 0.3) is 6.43 Å². The quantitative estimate of drug-likeness (QED) is 0.853. The molecule has 1 saturated heterocycles. The van der Waals surface area contributed by atoms with Gasteiger partial charge in [-0.2, -0.15) is 0 Å². The Hall–Kier alpha value is -1.89. The van der Waals surface area contributed by atoms with Gasteiger partial charge in [-0.25, -0.2) is 23.1 Å². The van der Waals surface area contributed by atoms with E-state index in [4.69, 9.17) is 4.74 Å². The van der Waals surface area contributed by atoms with E-state index in [1.807, 2.05) is 11.8 Å². The number of aromatic nitrogens is 2. The molecule has 0 saturated carbocycles. The molecule has 0 bridgehead atoms. The Kier molecular flexibility index (Phi) is 4.15. The highest BCUT2D eigenvalue weighted by Crippen LogP contribution is 2.29. The van der Waals surface area contributed by atoms with E-state index in [0.717, 1.165) is 6.42 Å². The van der Waals surface area contributed by atoms with Crippen molar-refractivity contribution in [3.8, 4) is 0 Å². The van der Waals surface area contributed by atoms with E-state index in [2.05, 4.69) is 9.97 Å². The zero-order chi connectivity index (χ0) is 15.7. The highest BCUT2D eigenvalue weighted by molar-refractivity contribution is 5.89. The van der Waals surface area contributed by atoms with Crippen LogP contribution in [0.3, 0.4) is 0 Å². The molecule has 0 amide bonds. The monoisotopic (exact) mass is 311 g/mol. The summed E-state index contributed by atoms with van der Waals surface area (Å²) >= 11 is 0. The number of ether oxygens (including phenoxy) is 1. The lowest BCUT2D eigenvalue weighted by atomic mass is 10.2. The maximum absolute atomic E-state index is 13.6. The zero-order valence-electron chi connectivity index (χ0n) is 12.1. The van der Waals surface area contributed by atoms with E-state index in [0.29, 0.717) is 36.4 Å². The van der Waals surface area contributed by atoms with Crippen molar-refractivity contribution in [2.45, 2.75) is 25.9 Å². The average Bonchev–Trinajstić information content (AvgIpc) is 2.70. The third-order valence-corrected chi connectivity index (χ3v) is 3.60. The van der Waals surface area contributed by atoms with Gasteiger partial charge in [-0.1, -0.05) is 0 Å². The van der Waals surface area contributed by atoms with E-state index in [9.17, 15) is 13.2 Å². The summed E-state index contributed by atoms with van der Waals surface area (Å²) < 4.78 is 45.2. The van der Waals surface area contributed by atoms with Crippen LogP contribution in [0, 0.1) is 5.82 Å². The van der Waals surface area contributed by atoms with Crippen molar-refractivity contribution in [3.63, 3.8) is 0 Å². The van der Waals surface area contributed by atoms with Crippen molar-refractivity contribution in [2.75, 3.05) is 24.6 Å². The lowest BCUT2D eigenvalue weighted by Crippen LogP contribution is -2.31. The van der Waals surface area contributed by atoms with Gasteiger partial charge in [0.1, 0.15) is 11.6 Å². The number of benzene rings is 1. The van der Waals surface area contributed by atoms with Gasteiger partial charge in [0.2, 0.25) is 0 Å². The maximum Gasteiger partial charge on any atom is 0.297 e. The van der Waals surface area contributed by atoms with Gasteiger partial charge in [0.05, 0.1) is 11.6 Å². The second-order valence-corrected chi connectivity index (χ2v) is 5.35. The van der Waals surface area contributed by atoms with Crippen LogP contribution in [0.15, 0.2) is 18.2 Å². The third kappa shape index (κ3) is 2.99. The summed E-state index contributed by atoms with van der Waals surface area (Å²) in [5.74, 6) is -0.634. The normalized spacial score (nSPS) is 19.7. The molecule has 2 aromatic rings. The predicted molar refractivity (Wildman–Crippen MR) is 76.7 cm³/mol. The minimum absolute atomic E-state index is 0.0453. The van der Waals surface area contributed by atoms with Crippen LogP contribution >= 0.6 is 0 Å². The van der Waals surface area contributed by atoms with E-state index < -0.39 is 18.1 Å². The van der Waals surface area contributed by atoms with Gasteiger partial charge in [-0.05, 0) is 31.5 Å². The Bertz CT molecular complexity index is 680. The Balaban J connectivity index is 2.14. The van der Waals surface area contributed by atoms with Crippen molar-refractivity contribution in [3.05, 3.63) is 29.8 Å². The van der Waals surface area contributed by atoms with Crippen LogP contribution in [0.2, 0.25) is 0 Å². The van der Waals surface area contributed by atoms with Crippen LogP contribution in [0.4, 0.5) is 19.0 Å². The largest absolute Gasteiger partial charge is 0.377 e. The zero-order valence-corrected chi connectivity index (χ0v) is 12.1. The molecule has 118 valence electrons. The Morgan fingerprint density at radius 3 is 2.91 bits per heavy atom. The van der Waals surface area contributed by atoms with Crippen LogP contribution in [0.1, 0.15) is 25.6 Å². The summed E-state index contributed by atoms with van der Waals surface area (Å²) in [6, 6.07) is 3.90. The fourth-order valence-electron chi connectivity index (χ4n) is 2.63. The second-order valence-electron chi connectivity index (χ2n) is 5.35. The summed E-state index contributed by atoms with van der Waals surface area (Å²) in [6.07, 6.45) is -2.06. The standard InChI is InChI=1S/C15H16F3N3O/c1-9-8-21(5-2-6-22-9)15-11-7-10(16)3-4-12(11)19-14(20-15)13(17)18/h3-4,7,9,13H,2,5-6,8H2,1H3/t9-/m1/s1. The molecular formula is C15H16F3N3O. The number of alkyl halides is 2. The molecule has 0 aliphatic carbocycles. The fourth-order valence-corrected chi connectivity index (χ4v) is 2.63. The molecule has 3 rings (SSSR count). The van der Waals surface area contributed by atoms with Crippen molar-refractivity contribution in [1.29, 1.82) is 0 Å². The Morgan fingerprint density at radius 2 is 2.14 bits per heavy atom. The predicted octanol–water partition coefficient (Wildman–Crippen LogP) is 3.32. The van der Waals surface area contributed by atoms with Gasteiger partial charge in [0, 0.05) is 25.1 Å². The number of halogens is 3. The van der Waals surface area contributed by atoms with Crippen LogP contribution < -0.4 is 4.90 Å². The summed E-state index contributed by atoms with van der Waals surface area (Å²) in [4.78, 5) is 9.68. The molecule has 22 heavy (non-hydrogen) atoms. The van der Waals surface area contributed by atoms with Crippen LogP contribution in [0.5, 0.6) is 0 Å². The third-order valence-electron chi connectivity index (χ3n) is 3.60. The average molecular weight is 311 g/mol. The Morgan fingerprint density at radius 1 is 1.32 bits per heavy atom. The van der Waals surface area contributed by atoms with Gasteiger partial charge in [-0.3, -0.25) is 0 Å². The summed E-state index contributed by atoms with van der Waals surface area (Å²) in [7, 11) is 0. The molecule has 1 atom stereocenters. The minimum Gasteiger partial charge on any atom is -0.377 e. The van der Waals surface area contributed by atoms with Crippen LogP contribution in [-0.2, 0) is 4.74 Å². The number of hydrogen-bond acceptors (Lipinski definition) is 4. The molecule has 0 radical (unpaired) electrons. The molecular weight excluding hydrogens is 295 g/mol. The first-order valence-electron chi connectivity index (χ1n) is 7.16. The summed E-state index contributed by atoms with van der Waals surface area (Å²) in [5.41, 5.74) is 0.319. The van der Waals surface area contributed by atoms with Gasteiger partial charge in [-0.15, -0.1) is 0 Å². The molecule has 1 aromatic heterocycles. The number of rotatable bonds is 2. The lowest BCUT2D eigenvalue weighted by molar-refractivity contribution is 0.0820. The smallest absolute Gasteiger partial charge is 0.297 e. The first kappa shape index (κ1) is 15.0. The summed E-state index contributed by atoms with van der Waals surface area (Å²) in [5, 5.41) is 0.443. The first-order chi connectivity index (χ1) is 10.5. The molecule has 2 heterocycles. The maximum atomic E-state index is 13.6. The molecule has 1 fully saturated rings. The van der Waals surface area contributed by atoms with E-state index in [1.165, 1.54) is 18.2 Å². The van der Waals surface area contributed by atoms with E-state index in [-0.39, 0.29) is 6.10 Å². The van der Waals surface area contributed by atoms with Crippen molar-refractivity contribution in [1.82, 2.24) is 9.97 Å². The van der Waals surface area contributed by atoms with Crippen molar-refractivity contribution >= 4 is 16.7 Å². The van der Waals surface area contributed by atoms with Crippen molar-refractivity contribution in [2.24, 2.45) is 0 Å². The molecule has 7 heteroatoms. The SMILES string of the molecule is C[C@@H]1CN(c2nc(C(F)F)nc3ccc(F)cc23)CCCO1. The highest BCUT2D eigenvalue weighted by atomic mass is 19.3. The number of anilines is 1. The number of nitrogens with zero attached hydrogens (tertiary/aromatic N) is 3. The fraction of sp³-hybridized carbons (Fsp3) is 0.467. The van der Waals surface area contributed by atoms with E-state index >= 15 is 0 Å².